The topological polar surface area (TPSA) is 93.1 Å². The van der Waals surface area contributed by atoms with Crippen molar-refractivity contribution in [1.82, 2.24) is 4.90 Å². The summed E-state index contributed by atoms with van der Waals surface area (Å²) in [4.78, 5) is 39.1. The molecule has 4 aromatic rings. The number of methoxy groups -OCH3 is 1. The normalized spacial score (nSPS) is 16.2. The summed E-state index contributed by atoms with van der Waals surface area (Å²) in [6, 6.07) is 23.7. The maximum atomic E-state index is 13.3. The average molecular weight is 811 g/mol. The number of amides is 1. The molecule has 300 valence electrons. The maximum Gasteiger partial charge on any atom is 0.411 e. The van der Waals surface area contributed by atoms with E-state index in [1.807, 2.05) is 90.1 Å². The summed E-state index contributed by atoms with van der Waals surface area (Å²) >= 11 is 12.0. The highest BCUT2D eigenvalue weighted by Crippen LogP contribution is 2.44. The second-order valence-electron chi connectivity index (χ2n) is 16.9. The predicted molar refractivity (Wildman–Crippen MR) is 231 cm³/mol. The highest BCUT2D eigenvalue weighted by atomic mass is 35.5. The van der Waals surface area contributed by atoms with Gasteiger partial charge in [-0.1, -0.05) is 99.4 Å². The number of ketones is 2. The van der Waals surface area contributed by atoms with Crippen LogP contribution in [0.5, 0.6) is 0 Å². The highest BCUT2D eigenvalue weighted by molar-refractivity contribution is 6.31. The summed E-state index contributed by atoms with van der Waals surface area (Å²) < 4.78 is 10.8. The largest absolute Gasteiger partial charge is 0.512 e. The number of Topliss-reactive ketones (excluding diaryl/α,β-unsaturated/α-hetero) is 2. The number of rotatable bonds is 7. The van der Waals surface area contributed by atoms with Gasteiger partial charge in [0.15, 0.2) is 18.3 Å². The number of aliphatic hydroxyl groups is 1. The number of carbonyl (C=O) groups is 3. The van der Waals surface area contributed by atoms with Crippen LogP contribution in [0.4, 0.5) is 4.79 Å². The van der Waals surface area contributed by atoms with Crippen molar-refractivity contribution in [2.24, 2.45) is 10.8 Å². The third kappa shape index (κ3) is 10.2. The number of carbonyl (C=O) groups excluding carboxylic acids is 3. The first-order valence-corrected chi connectivity index (χ1v) is 19.8. The summed E-state index contributed by atoms with van der Waals surface area (Å²) in [6.07, 6.45) is 1.56. The zero-order valence-corrected chi connectivity index (χ0v) is 36.2. The first-order chi connectivity index (χ1) is 26.7. The van der Waals surface area contributed by atoms with Crippen molar-refractivity contribution >= 4 is 52.0 Å². The fourth-order valence-corrected chi connectivity index (χ4v) is 8.21. The predicted octanol–water partition coefficient (Wildman–Crippen LogP) is 12.7. The molecule has 0 aliphatic heterocycles. The van der Waals surface area contributed by atoms with Crippen LogP contribution in [-0.2, 0) is 19.1 Å². The van der Waals surface area contributed by atoms with E-state index < -0.39 is 6.09 Å². The molecule has 0 aromatic heterocycles. The summed E-state index contributed by atoms with van der Waals surface area (Å²) in [5.74, 6) is 0.917. The minimum absolute atomic E-state index is 0.00974. The van der Waals surface area contributed by atoms with Gasteiger partial charge < -0.3 is 14.6 Å². The lowest BCUT2D eigenvalue weighted by atomic mass is 9.74. The zero-order chi connectivity index (χ0) is 42.0. The molecule has 7 nitrogen and oxygen atoms in total. The summed E-state index contributed by atoms with van der Waals surface area (Å²) in [5.41, 5.74) is 10.8. The van der Waals surface area contributed by atoms with Crippen LogP contribution >= 0.6 is 23.2 Å². The Morgan fingerprint density at radius 2 is 1.04 bits per heavy atom. The van der Waals surface area contributed by atoms with Gasteiger partial charge in [-0.25, -0.2) is 4.79 Å². The summed E-state index contributed by atoms with van der Waals surface area (Å²) in [7, 11) is 2.92. The van der Waals surface area contributed by atoms with Crippen molar-refractivity contribution in [3.63, 3.8) is 0 Å². The lowest BCUT2D eigenvalue weighted by Gasteiger charge is -2.33. The fourth-order valence-electron chi connectivity index (χ4n) is 7.95. The van der Waals surface area contributed by atoms with E-state index >= 15 is 0 Å². The number of hydrogen-bond acceptors (Lipinski definition) is 6. The van der Waals surface area contributed by atoms with Gasteiger partial charge in [-0.05, 0) is 118 Å². The van der Waals surface area contributed by atoms with Crippen molar-refractivity contribution in [3.05, 3.63) is 128 Å². The van der Waals surface area contributed by atoms with Crippen LogP contribution in [0.2, 0.25) is 10.0 Å². The molecule has 4 aromatic carbocycles. The minimum atomic E-state index is -0.492. The quantitative estimate of drug-likeness (QED) is 0.187. The third-order valence-corrected chi connectivity index (χ3v) is 11.0. The van der Waals surface area contributed by atoms with E-state index in [4.69, 9.17) is 32.7 Å². The van der Waals surface area contributed by atoms with Crippen LogP contribution in [0.3, 0.4) is 0 Å². The van der Waals surface area contributed by atoms with E-state index in [9.17, 15) is 19.5 Å². The summed E-state index contributed by atoms with van der Waals surface area (Å²) in [5, 5.41) is 11.9. The number of halogens is 2. The van der Waals surface area contributed by atoms with Gasteiger partial charge in [0.25, 0.3) is 0 Å². The Morgan fingerprint density at radius 1 is 0.649 bits per heavy atom. The molecule has 0 radical (unpaired) electrons. The molecule has 0 spiro atoms. The van der Waals surface area contributed by atoms with Crippen LogP contribution in [0.1, 0.15) is 86.8 Å². The van der Waals surface area contributed by atoms with Crippen molar-refractivity contribution in [3.8, 4) is 22.3 Å². The lowest BCUT2D eigenvalue weighted by Crippen LogP contribution is -2.31. The van der Waals surface area contributed by atoms with Crippen LogP contribution in [0.15, 0.2) is 84.3 Å². The van der Waals surface area contributed by atoms with Crippen LogP contribution < -0.4 is 0 Å². The Hall–Kier alpha value is -4.85. The number of benzene rings is 4. The number of ether oxygens (including phenoxy) is 2. The molecule has 0 unspecified atom stereocenters. The lowest BCUT2D eigenvalue weighted by molar-refractivity contribution is -0.117. The van der Waals surface area contributed by atoms with E-state index in [1.54, 1.807) is 7.05 Å². The first-order valence-electron chi connectivity index (χ1n) is 19.1. The SMILES string of the molecule is COC(=O)N(C)COC1=C(c2c(C)cc(-c3ccc(Cl)cc3)cc2C)C(=O)CC(C)(C)C1.Cc1cc(-c2ccc(Cl)cc2)cc(C)c1C1=C(O)CC(C)(C)CC1=O. The van der Waals surface area contributed by atoms with Gasteiger partial charge in [-0.2, -0.15) is 0 Å². The molecule has 1 N–H and O–H groups in total. The van der Waals surface area contributed by atoms with Gasteiger partial charge in [0, 0.05) is 42.8 Å². The molecule has 9 heteroatoms. The van der Waals surface area contributed by atoms with Gasteiger partial charge in [0.05, 0.1) is 18.3 Å². The van der Waals surface area contributed by atoms with Gasteiger partial charge in [0.2, 0.25) is 0 Å². The second kappa shape index (κ2) is 17.3. The molecule has 1 amide bonds. The van der Waals surface area contributed by atoms with E-state index in [1.165, 1.54) is 12.0 Å². The Morgan fingerprint density at radius 3 is 1.44 bits per heavy atom. The number of aryl methyl sites for hydroxylation is 4. The fraction of sp³-hybridized carbons (Fsp3) is 0.354. The van der Waals surface area contributed by atoms with Crippen molar-refractivity contribution in [1.29, 1.82) is 0 Å². The number of aliphatic hydroxyl groups excluding tert-OH is 1. The van der Waals surface area contributed by atoms with Crippen LogP contribution in [-0.4, -0.2) is 48.6 Å². The van der Waals surface area contributed by atoms with Crippen LogP contribution in [0.25, 0.3) is 33.4 Å². The first kappa shape index (κ1) is 43.3. The van der Waals surface area contributed by atoms with E-state index in [-0.39, 0.29) is 34.9 Å². The van der Waals surface area contributed by atoms with Crippen molar-refractivity contribution in [2.75, 3.05) is 20.9 Å². The van der Waals surface area contributed by atoms with Crippen LogP contribution in [0, 0.1) is 38.5 Å². The van der Waals surface area contributed by atoms with Gasteiger partial charge in [0.1, 0.15) is 11.5 Å². The average Bonchev–Trinajstić information content (AvgIpc) is 3.11. The number of hydrogen-bond donors (Lipinski definition) is 1. The molecule has 0 saturated heterocycles. The Balaban J connectivity index is 0.000000224. The molecule has 0 atom stereocenters. The highest BCUT2D eigenvalue weighted by Gasteiger charge is 2.37. The Labute approximate surface area is 347 Å². The molecule has 0 bridgehead atoms. The molecular formula is C48H53Cl2NO6. The second-order valence-corrected chi connectivity index (χ2v) is 17.8. The molecule has 0 saturated carbocycles. The van der Waals surface area contributed by atoms with Gasteiger partial charge >= 0.3 is 6.09 Å². The van der Waals surface area contributed by atoms with E-state index in [0.717, 1.165) is 55.6 Å². The monoisotopic (exact) mass is 809 g/mol. The minimum Gasteiger partial charge on any atom is -0.512 e. The molecule has 2 aliphatic rings. The molecule has 2 aliphatic carbocycles. The van der Waals surface area contributed by atoms with E-state index in [0.29, 0.717) is 52.6 Å². The molecular weight excluding hydrogens is 757 g/mol. The van der Waals surface area contributed by atoms with E-state index in [2.05, 4.69) is 38.1 Å². The Bertz CT molecular complexity index is 2220. The Kier molecular flexibility index (Phi) is 13.2. The van der Waals surface area contributed by atoms with Gasteiger partial charge in [-0.15, -0.1) is 0 Å². The maximum absolute atomic E-state index is 13.3. The third-order valence-electron chi connectivity index (χ3n) is 10.5. The van der Waals surface area contributed by atoms with Crippen molar-refractivity contribution in [2.45, 2.75) is 81.1 Å². The van der Waals surface area contributed by atoms with Crippen molar-refractivity contribution < 1.29 is 29.0 Å². The molecule has 0 heterocycles. The standard InChI is InChI=1S/C26H30ClNO4.C22H23ClO2/c1-16-11-19(18-7-9-20(27)10-8-18)12-17(2)23(16)24-21(29)13-26(3,4)14-22(24)32-15-28(5)25(30)31-6;1-13-9-16(15-5-7-17(23)8-6-15)10-14(2)20(13)21-18(24)11-22(3,4)12-19(21)25/h7-12H,13-15H2,1-6H3;5-10,24H,11-12H2,1-4H3. The zero-order valence-electron chi connectivity index (χ0n) is 34.7. The molecule has 6 rings (SSSR count). The smallest absolute Gasteiger partial charge is 0.411 e. The summed E-state index contributed by atoms with van der Waals surface area (Å²) in [6.45, 7) is 16.2. The number of allylic oxidation sites excluding steroid dienone is 4. The molecule has 57 heavy (non-hydrogen) atoms. The number of nitrogens with zero attached hydrogens (tertiary/aromatic N) is 1. The van der Waals surface area contributed by atoms with Gasteiger partial charge in [-0.3, -0.25) is 14.5 Å². The molecule has 0 fully saturated rings.